The molecule has 156 valence electrons. The van der Waals surface area contributed by atoms with Crippen molar-refractivity contribution in [3.63, 3.8) is 0 Å². The summed E-state index contributed by atoms with van der Waals surface area (Å²) in [5, 5.41) is 5.09. The summed E-state index contributed by atoms with van der Waals surface area (Å²) < 4.78 is 14.9. The number of carbonyl (C=O) groups is 3. The Balaban J connectivity index is 0.000000302. The Kier molecular flexibility index (Phi) is 8.28. The van der Waals surface area contributed by atoms with E-state index >= 15 is 0 Å². The number of ether oxygens (including phenoxy) is 3. The second kappa shape index (κ2) is 9.96. The lowest BCUT2D eigenvalue weighted by Gasteiger charge is -2.21. The van der Waals surface area contributed by atoms with Gasteiger partial charge < -0.3 is 19.5 Å². The molecule has 28 heavy (non-hydrogen) atoms. The summed E-state index contributed by atoms with van der Waals surface area (Å²) in [6.45, 7) is 11.3. The molecule has 0 unspecified atom stereocenters. The predicted octanol–water partition coefficient (Wildman–Crippen LogP) is 3.99. The third kappa shape index (κ3) is 10.4. The minimum atomic E-state index is -0.532. The standard InChI is InChI=1S/C12H23NO4.C8H7NO2/c1-11(2,3)16-9(14)7-8-13-10(15)17-12(4,5)6;10-8-9-7-4-2-1-3-6(7)5-11-8/h7-8H2,1-6H3,(H,13,15);1-4H,5H2,(H,9,10). The SMILES string of the molecule is CC(C)(C)OC(=O)CCNC(=O)OC(C)(C)C.O=C1Nc2ccccc2CO1. The number of anilines is 1. The Morgan fingerprint density at radius 1 is 1.07 bits per heavy atom. The van der Waals surface area contributed by atoms with Crippen molar-refractivity contribution in [3.05, 3.63) is 29.8 Å². The molecule has 0 atom stereocenters. The number of fused-ring (bicyclic) bond motifs is 1. The average molecular weight is 394 g/mol. The summed E-state index contributed by atoms with van der Waals surface area (Å²) in [6, 6.07) is 7.58. The van der Waals surface area contributed by atoms with E-state index in [4.69, 9.17) is 14.2 Å². The van der Waals surface area contributed by atoms with E-state index in [0.717, 1.165) is 11.3 Å². The van der Waals surface area contributed by atoms with Crippen molar-refractivity contribution in [2.75, 3.05) is 11.9 Å². The molecule has 0 bridgehead atoms. The number of amides is 2. The van der Waals surface area contributed by atoms with Gasteiger partial charge in [0.05, 0.1) is 12.1 Å². The molecule has 1 aromatic rings. The lowest BCUT2D eigenvalue weighted by atomic mass is 10.2. The van der Waals surface area contributed by atoms with Gasteiger partial charge in [0.1, 0.15) is 17.8 Å². The number of hydrogen-bond acceptors (Lipinski definition) is 6. The molecule has 1 heterocycles. The Morgan fingerprint density at radius 3 is 2.29 bits per heavy atom. The number of esters is 1. The molecule has 0 aromatic heterocycles. The summed E-state index contributed by atoms with van der Waals surface area (Å²) in [5.41, 5.74) is 0.842. The zero-order valence-corrected chi connectivity index (χ0v) is 17.4. The molecular formula is C20H30N2O6. The van der Waals surface area contributed by atoms with Crippen LogP contribution in [0.3, 0.4) is 0 Å². The van der Waals surface area contributed by atoms with Crippen LogP contribution in [0.5, 0.6) is 0 Å². The van der Waals surface area contributed by atoms with Crippen LogP contribution >= 0.6 is 0 Å². The Bertz CT molecular complexity index is 661. The molecule has 0 radical (unpaired) electrons. The van der Waals surface area contributed by atoms with E-state index in [1.54, 1.807) is 41.5 Å². The van der Waals surface area contributed by atoms with E-state index < -0.39 is 17.3 Å². The third-order valence-corrected chi connectivity index (χ3v) is 3.03. The second-order valence-corrected chi connectivity index (χ2v) is 8.12. The molecule has 2 rings (SSSR count). The number of rotatable bonds is 3. The highest BCUT2D eigenvalue weighted by atomic mass is 16.6. The summed E-state index contributed by atoms with van der Waals surface area (Å²) in [5.74, 6) is -0.339. The first-order valence-electron chi connectivity index (χ1n) is 9.06. The molecule has 2 amide bonds. The zero-order chi connectivity index (χ0) is 21.4. The molecule has 1 aliphatic rings. The smallest absolute Gasteiger partial charge is 0.411 e. The number of hydrogen-bond donors (Lipinski definition) is 2. The van der Waals surface area contributed by atoms with Gasteiger partial charge in [0, 0.05) is 12.1 Å². The van der Waals surface area contributed by atoms with E-state index in [1.807, 2.05) is 24.3 Å². The average Bonchev–Trinajstić information content (AvgIpc) is 2.52. The lowest BCUT2D eigenvalue weighted by molar-refractivity contribution is -0.154. The van der Waals surface area contributed by atoms with Crippen molar-refractivity contribution in [3.8, 4) is 0 Å². The minimum absolute atomic E-state index is 0.135. The minimum Gasteiger partial charge on any atom is -0.460 e. The van der Waals surface area contributed by atoms with Gasteiger partial charge in [-0.15, -0.1) is 0 Å². The first kappa shape index (κ1) is 23.3. The van der Waals surface area contributed by atoms with Gasteiger partial charge in [-0.1, -0.05) is 18.2 Å². The fraction of sp³-hybridized carbons (Fsp3) is 0.550. The molecule has 1 aromatic carbocycles. The predicted molar refractivity (Wildman–Crippen MR) is 105 cm³/mol. The fourth-order valence-electron chi connectivity index (χ4n) is 2.03. The molecule has 0 fully saturated rings. The van der Waals surface area contributed by atoms with Gasteiger partial charge in [0.25, 0.3) is 0 Å². The summed E-state index contributed by atoms with van der Waals surface area (Å²) in [7, 11) is 0. The maximum absolute atomic E-state index is 11.3. The first-order chi connectivity index (χ1) is 12.9. The molecule has 0 spiro atoms. The van der Waals surface area contributed by atoms with Crippen LogP contribution in [0.1, 0.15) is 53.5 Å². The van der Waals surface area contributed by atoms with Crippen molar-refractivity contribution in [1.82, 2.24) is 5.32 Å². The first-order valence-corrected chi connectivity index (χ1v) is 9.06. The van der Waals surface area contributed by atoms with E-state index in [1.165, 1.54) is 0 Å². The van der Waals surface area contributed by atoms with Crippen molar-refractivity contribution in [2.24, 2.45) is 0 Å². The normalized spacial score (nSPS) is 13.0. The number of para-hydroxylation sites is 1. The molecule has 0 saturated heterocycles. The van der Waals surface area contributed by atoms with Gasteiger partial charge in [0.15, 0.2) is 0 Å². The molecule has 8 heteroatoms. The van der Waals surface area contributed by atoms with Crippen LogP contribution in [-0.2, 0) is 25.6 Å². The Labute approximate surface area is 165 Å². The van der Waals surface area contributed by atoms with Gasteiger partial charge >= 0.3 is 18.2 Å². The number of cyclic esters (lactones) is 1. The summed E-state index contributed by atoms with van der Waals surface area (Å²) in [4.78, 5) is 33.2. The highest BCUT2D eigenvalue weighted by Gasteiger charge is 2.18. The van der Waals surface area contributed by atoms with E-state index in [0.29, 0.717) is 6.61 Å². The van der Waals surface area contributed by atoms with Gasteiger partial charge in [-0.3, -0.25) is 10.1 Å². The van der Waals surface area contributed by atoms with Crippen molar-refractivity contribution >= 4 is 23.8 Å². The fourth-order valence-corrected chi connectivity index (χ4v) is 2.03. The van der Waals surface area contributed by atoms with E-state index in [-0.39, 0.29) is 25.0 Å². The number of nitrogens with one attached hydrogen (secondary N) is 2. The third-order valence-electron chi connectivity index (χ3n) is 3.03. The van der Waals surface area contributed by atoms with Crippen LogP contribution in [0.15, 0.2) is 24.3 Å². The summed E-state index contributed by atoms with van der Waals surface area (Å²) >= 11 is 0. The Morgan fingerprint density at radius 2 is 1.68 bits per heavy atom. The number of carbonyl (C=O) groups excluding carboxylic acids is 3. The van der Waals surface area contributed by atoms with Crippen LogP contribution in [0, 0.1) is 0 Å². The van der Waals surface area contributed by atoms with E-state index in [2.05, 4.69) is 10.6 Å². The van der Waals surface area contributed by atoms with Crippen LogP contribution in [0.25, 0.3) is 0 Å². The quantitative estimate of drug-likeness (QED) is 0.593. The molecule has 2 N–H and O–H groups in total. The van der Waals surface area contributed by atoms with E-state index in [9.17, 15) is 14.4 Å². The maximum atomic E-state index is 11.3. The molecule has 8 nitrogen and oxygen atoms in total. The Hall–Kier alpha value is -2.77. The van der Waals surface area contributed by atoms with Gasteiger partial charge in [-0.2, -0.15) is 0 Å². The number of alkyl carbamates (subject to hydrolysis) is 1. The van der Waals surface area contributed by atoms with Crippen LogP contribution in [0.2, 0.25) is 0 Å². The van der Waals surface area contributed by atoms with Gasteiger partial charge in [-0.25, -0.2) is 9.59 Å². The van der Waals surface area contributed by atoms with Crippen LogP contribution in [-0.4, -0.2) is 35.9 Å². The highest BCUT2D eigenvalue weighted by Crippen LogP contribution is 2.19. The molecule has 0 aliphatic carbocycles. The topological polar surface area (TPSA) is 103 Å². The van der Waals surface area contributed by atoms with Crippen molar-refractivity contribution in [2.45, 2.75) is 65.8 Å². The van der Waals surface area contributed by atoms with Crippen LogP contribution in [0.4, 0.5) is 15.3 Å². The summed E-state index contributed by atoms with van der Waals surface area (Å²) in [6.07, 6.45) is -0.763. The molecular weight excluding hydrogens is 364 g/mol. The second-order valence-electron chi connectivity index (χ2n) is 8.12. The monoisotopic (exact) mass is 394 g/mol. The zero-order valence-electron chi connectivity index (χ0n) is 17.4. The van der Waals surface area contributed by atoms with Crippen LogP contribution < -0.4 is 10.6 Å². The van der Waals surface area contributed by atoms with Gasteiger partial charge in [-0.05, 0) is 47.6 Å². The van der Waals surface area contributed by atoms with Gasteiger partial charge in [0.2, 0.25) is 0 Å². The van der Waals surface area contributed by atoms with Crippen molar-refractivity contribution < 1.29 is 28.6 Å². The highest BCUT2D eigenvalue weighted by molar-refractivity contribution is 5.87. The molecule has 0 saturated carbocycles. The lowest BCUT2D eigenvalue weighted by Crippen LogP contribution is -2.34. The largest absolute Gasteiger partial charge is 0.460 e. The van der Waals surface area contributed by atoms with Crippen molar-refractivity contribution in [1.29, 1.82) is 0 Å². The molecule has 1 aliphatic heterocycles. The maximum Gasteiger partial charge on any atom is 0.411 e. The number of benzene rings is 1.